The van der Waals surface area contributed by atoms with Crippen LogP contribution >= 0.6 is 11.8 Å². The summed E-state index contributed by atoms with van der Waals surface area (Å²) in [5, 5.41) is 0. The number of hydrogen-bond donors (Lipinski definition) is 0. The summed E-state index contributed by atoms with van der Waals surface area (Å²) in [6.45, 7) is 2.07. The Labute approximate surface area is 141 Å². The van der Waals surface area contributed by atoms with Crippen molar-refractivity contribution in [2.75, 3.05) is 5.75 Å². The van der Waals surface area contributed by atoms with Crippen molar-refractivity contribution in [1.29, 1.82) is 0 Å². The predicted molar refractivity (Wildman–Crippen MR) is 98.1 cm³/mol. The molecule has 0 aliphatic heterocycles. The van der Waals surface area contributed by atoms with Crippen LogP contribution in [0.15, 0.2) is 83.8 Å². The fourth-order valence-electron chi connectivity index (χ4n) is 2.42. The van der Waals surface area contributed by atoms with Crippen molar-refractivity contribution in [2.45, 2.75) is 11.8 Å². The van der Waals surface area contributed by atoms with Crippen LogP contribution in [-0.2, 0) is 0 Å². The van der Waals surface area contributed by atoms with Gasteiger partial charge in [0.1, 0.15) is 0 Å². The van der Waals surface area contributed by atoms with Gasteiger partial charge in [-0.2, -0.15) is 0 Å². The summed E-state index contributed by atoms with van der Waals surface area (Å²) in [5.41, 5.74) is 4.28. The summed E-state index contributed by atoms with van der Waals surface area (Å²) in [4.78, 5) is 13.5. The molecule has 114 valence electrons. The van der Waals surface area contributed by atoms with Crippen LogP contribution in [0.5, 0.6) is 0 Å². The SMILES string of the molecule is Cc1ccccc1SCC(=O)c1ccc(-c2ccccc2)cc1. The van der Waals surface area contributed by atoms with Crippen molar-refractivity contribution in [3.05, 3.63) is 90.0 Å². The van der Waals surface area contributed by atoms with E-state index in [1.54, 1.807) is 11.8 Å². The molecule has 3 rings (SSSR count). The molecule has 0 aromatic heterocycles. The van der Waals surface area contributed by atoms with Gasteiger partial charge in [-0.15, -0.1) is 11.8 Å². The quantitative estimate of drug-likeness (QED) is 0.447. The van der Waals surface area contributed by atoms with E-state index >= 15 is 0 Å². The minimum atomic E-state index is 0.165. The Morgan fingerprint density at radius 2 is 1.39 bits per heavy atom. The molecular formula is C21H18OS. The van der Waals surface area contributed by atoms with E-state index in [0.29, 0.717) is 5.75 Å². The second-order valence-corrected chi connectivity index (χ2v) is 6.44. The van der Waals surface area contributed by atoms with Gasteiger partial charge >= 0.3 is 0 Å². The first-order chi connectivity index (χ1) is 11.2. The van der Waals surface area contributed by atoms with E-state index in [9.17, 15) is 4.79 Å². The molecule has 0 bridgehead atoms. The predicted octanol–water partition coefficient (Wildman–Crippen LogP) is 5.64. The number of carbonyl (C=O) groups excluding carboxylic acids is 1. The van der Waals surface area contributed by atoms with Gasteiger partial charge in [-0.25, -0.2) is 0 Å². The first kappa shape index (κ1) is 15.6. The summed E-state index contributed by atoms with van der Waals surface area (Å²) in [7, 11) is 0. The highest BCUT2D eigenvalue weighted by molar-refractivity contribution is 8.00. The Kier molecular flexibility index (Phi) is 4.94. The molecule has 0 saturated carbocycles. The zero-order valence-corrected chi connectivity index (χ0v) is 13.8. The van der Waals surface area contributed by atoms with Crippen LogP contribution in [0.2, 0.25) is 0 Å². The van der Waals surface area contributed by atoms with Gasteiger partial charge in [0.15, 0.2) is 5.78 Å². The molecule has 3 aromatic carbocycles. The number of carbonyl (C=O) groups is 1. The standard InChI is InChI=1S/C21H18OS/c1-16-7-5-6-10-21(16)23-15-20(22)19-13-11-18(12-14-19)17-8-3-2-4-9-17/h2-14H,15H2,1H3. The topological polar surface area (TPSA) is 17.1 Å². The van der Waals surface area contributed by atoms with E-state index in [2.05, 4.69) is 31.2 Å². The molecule has 3 aromatic rings. The highest BCUT2D eigenvalue weighted by atomic mass is 32.2. The lowest BCUT2D eigenvalue weighted by Gasteiger charge is -2.06. The van der Waals surface area contributed by atoms with Gasteiger partial charge in [-0.05, 0) is 29.7 Å². The van der Waals surface area contributed by atoms with Gasteiger partial charge in [0.25, 0.3) is 0 Å². The third kappa shape index (κ3) is 3.91. The van der Waals surface area contributed by atoms with Crippen LogP contribution in [0.4, 0.5) is 0 Å². The number of Topliss-reactive ketones (excluding diaryl/α,β-unsaturated/α-hetero) is 1. The summed E-state index contributed by atoms with van der Waals surface area (Å²) < 4.78 is 0. The normalized spacial score (nSPS) is 10.5. The second kappa shape index (κ2) is 7.30. The molecule has 0 unspecified atom stereocenters. The maximum absolute atomic E-state index is 12.4. The number of hydrogen-bond acceptors (Lipinski definition) is 2. The Morgan fingerprint density at radius 1 is 0.783 bits per heavy atom. The zero-order valence-electron chi connectivity index (χ0n) is 13.0. The van der Waals surface area contributed by atoms with Crippen molar-refractivity contribution in [3.63, 3.8) is 0 Å². The molecule has 0 radical (unpaired) electrons. The maximum Gasteiger partial charge on any atom is 0.173 e. The van der Waals surface area contributed by atoms with E-state index in [-0.39, 0.29) is 5.78 Å². The largest absolute Gasteiger partial charge is 0.293 e. The zero-order chi connectivity index (χ0) is 16.1. The lowest BCUT2D eigenvalue weighted by Crippen LogP contribution is -2.02. The van der Waals surface area contributed by atoms with Crippen molar-refractivity contribution in [2.24, 2.45) is 0 Å². The van der Waals surface area contributed by atoms with Crippen LogP contribution in [0.1, 0.15) is 15.9 Å². The Bertz CT molecular complexity index is 792. The molecule has 0 spiro atoms. The Morgan fingerprint density at radius 3 is 2.09 bits per heavy atom. The molecule has 0 atom stereocenters. The monoisotopic (exact) mass is 318 g/mol. The molecule has 0 fully saturated rings. The first-order valence-electron chi connectivity index (χ1n) is 7.61. The Hall–Kier alpha value is -2.32. The van der Waals surface area contributed by atoms with Crippen LogP contribution in [0, 0.1) is 6.92 Å². The highest BCUT2D eigenvalue weighted by Gasteiger charge is 2.08. The molecule has 0 N–H and O–H groups in total. The number of aryl methyl sites for hydroxylation is 1. The fraction of sp³-hybridized carbons (Fsp3) is 0.0952. The van der Waals surface area contributed by atoms with Crippen LogP contribution < -0.4 is 0 Å². The highest BCUT2D eigenvalue weighted by Crippen LogP contribution is 2.24. The van der Waals surface area contributed by atoms with Crippen molar-refractivity contribution < 1.29 is 4.79 Å². The summed E-state index contributed by atoms with van der Waals surface area (Å²) >= 11 is 1.60. The van der Waals surface area contributed by atoms with Crippen molar-refractivity contribution in [1.82, 2.24) is 0 Å². The van der Waals surface area contributed by atoms with Crippen molar-refractivity contribution in [3.8, 4) is 11.1 Å². The molecule has 0 amide bonds. The van der Waals surface area contributed by atoms with E-state index in [1.165, 1.54) is 16.0 Å². The summed E-state index contributed by atoms with van der Waals surface area (Å²) in [6.07, 6.45) is 0. The van der Waals surface area contributed by atoms with Gasteiger partial charge in [-0.1, -0.05) is 72.8 Å². The fourth-order valence-corrected chi connectivity index (χ4v) is 3.35. The molecular weight excluding hydrogens is 300 g/mol. The number of ketones is 1. The van der Waals surface area contributed by atoms with Crippen LogP contribution in [0.25, 0.3) is 11.1 Å². The maximum atomic E-state index is 12.4. The summed E-state index contributed by atoms with van der Waals surface area (Å²) in [6, 6.07) is 26.2. The first-order valence-corrected chi connectivity index (χ1v) is 8.60. The lowest BCUT2D eigenvalue weighted by atomic mass is 10.0. The third-order valence-electron chi connectivity index (χ3n) is 3.77. The van der Waals surface area contributed by atoms with Gasteiger partial charge in [-0.3, -0.25) is 4.79 Å². The second-order valence-electron chi connectivity index (χ2n) is 5.42. The van der Waals surface area contributed by atoms with Gasteiger partial charge in [0.2, 0.25) is 0 Å². The smallest absolute Gasteiger partial charge is 0.173 e. The van der Waals surface area contributed by atoms with Gasteiger partial charge in [0, 0.05) is 10.5 Å². The molecule has 0 aliphatic rings. The molecule has 1 nitrogen and oxygen atoms in total. The van der Waals surface area contributed by atoms with Crippen LogP contribution in [0.3, 0.4) is 0 Å². The number of thioether (sulfide) groups is 1. The van der Waals surface area contributed by atoms with Crippen molar-refractivity contribution >= 4 is 17.5 Å². The average molecular weight is 318 g/mol. The molecule has 0 saturated heterocycles. The number of rotatable bonds is 5. The number of benzene rings is 3. The third-order valence-corrected chi connectivity index (χ3v) is 4.94. The minimum absolute atomic E-state index is 0.165. The molecule has 23 heavy (non-hydrogen) atoms. The molecule has 2 heteroatoms. The van der Waals surface area contributed by atoms with Gasteiger partial charge < -0.3 is 0 Å². The molecule has 0 heterocycles. The van der Waals surface area contributed by atoms with E-state index in [1.807, 2.05) is 54.6 Å². The van der Waals surface area contributed by atoms with Gasteiger partial charge in [0.05, 0.1) is 5.75 Å². The van der Waals surface area contributed by atoms with Crippen LogP contribution in [-0.4, -0.2) is 11.5 Å². The average Bonchev–Trinajstić information content (AvgIpc) is 2.62. The minimum Gasteiger partial charge on any atom is -0.293 e. The summed E-state index contributed by atoms with van der Waals surface area (Å²) in [5.74, 6) is 0.632. The van der Waals surface area contributed by atoms with E-state index in [0.717, 1.165) is 11.1 Å². The molecule has 0 aliphatic carbocycles. The van der Waals surface area contributed by atoms with E-state index < -0.39 is 0 Å². The van der Waals surface area contributed by atoms with E-state index in [4.69, 9.17) is 0 Å². The Balaban J connectivity index is 1.67. The lowest BCUT2D eigenvalue weighted by molar-refractivity contribution is 0.102.